The Morgan fingerprint density at radius 2 is 1.76 bits per heavy atom. The number of amides is 1. The minimum absolute atomic E-state index is 0.116. The third-order valence-electron chi connectivity index (χ3n) is 5.07. The summed E-state index contributed by atoms with van der Waals surface area (Å²) in [7, 11) is 0. The van der Waals surface area contributed by atoms with Crippen molar-refractivity contribution in [2.24, 2.45) is 0 Å². The van der Waals surface area contributed by atoms with E-state index in [1.165, 1.54) is 16.3 Å². The maximum atomic E-state index is 11.7. The van der Waals surface area contributed by atoms with Crippen LogP contribution in [0.4, 0.5) is 4.79 Å². The molecular weight excluding hydrogens is 312 g/mol. The molecule has 2 aromatic rings. The highest BCUT2D eigenvalue weighted by molar-refractivity contribution is 5.82. The Labute approximate surface area is 150 Å². The lowest BCUT2D eigenvalue weighted by Gasteiger charge is -2.43. The molecule has 2 aromatic carbocycles. The van der Waals surface area contributed by atoms with Crippen LogP contribution in [-0.2, 0) is 6.54 Å². The smallest absolute Gasteiger partial charge is 0.407 e. The average molecular weight is 340 g/mol. The summed E-state index contributed by atoms with van der Waals surface area (Å²) in [6, 6.07) is 15.2. The molecule has 4 heteroatoms. The number of hydrogen-bond acceptors (Lipinski definition) is 2. The van der Waals surface area contributed by atoms with Gasteiger partial charge in [0.15, 0.2) is 0 Å². The normalized spacial score (nSPS) is 16.9. The molecule has 1 aliphatic heterocycles. The van der Waals surface area contributed by atoms with Crippen molar-refractivity contribution in [2.75, 3.05) is 13.1 Å². The Kier molecular flexibility index (Phi) is 5.00. The molecule has 1 aliphatic rings. The van der Waals surface area contributed by atoms with E-state index in [4.69, 9.17) is 0 Å². The van der Waals surface area contributed by atoms with Crippen LogP contribution in [0.15, 0.2) is 42.5 Å². The van der Waals surface area contributed by atoms with E-state index in [-0.39, 0.29) is 11.6 Å². The highest BCUT2D eigenvalue weighted by atomic mass is 16.4. The third-order valence-corrected chi connectivity index (χ3v) is 5.07. The van der Waals surface area contributed by atoms with Gasteiger partial charge in [-0.3, -0.25) is 4.90 Å². The van der Waals surface area contributed by atoms with Crippen LogP contribution in [0, 0.1) is 0 Å². The molecular formula is C21H28N2O2. The first-order chi connectivity index (χ1) is 11.8. The zero-order chi connectivity index (χ0) is 18.0. The fraction of sp³-hybridized carbons (Fsp3) is 0.476. The fourth-order valence-electron chi connectivity index (χ4n) is 3.92. The van der Waals surface area contributed by atoms with Crippen molar-refractivity contribution in [1.29, 1.82) is 0 Å². The zero-order valence-electron chi connectivity index (χ0n) is 15.4. The summed E-state index contributed by atoms with van der Waals surface area (Å²) >= 11 is 0. The topological polar surface area (TPSA) is 43.8 Å². The molecule has 0 radical (unpaired) electrons. The van der Waals surface area contributed by atoms with Gasteiger partial charge in [0.1, 0.15) is 0 Å². The molecule has 0 aromatic heterocycles. The lowest BCUT2D eigenvalue weighted by molar-refractivity contribution is 0.0408. The summed E-state index contributed by atoms with van der Waals surface area (Å²) in [5.74, 6) is 0. The van der Waals surface area contributed by atoms with E-state index in [0.29, 0.717) is 0 Å². The molecule has 1 heterocycles. The van der Waals surface area contributed by atoms with Crippen LogP contribution in [0.2, 0.25) is 0 Å². The van der Waals surface area contributed by atoms with Crippen molar-refractivity contribution in [3.05, 3.63) is 48.0 Å². The SMILES string of the molecule is CC(C)(C)N(C(=O)O)C1CCN(Cc2ccc3ccccc3c2)CC1. The Hall–Kier alpha value is -2.07. The van der Waals surface area contributed by atoms with E-state index in [0.717, 1.165) is 32.5 Å². The lowest BCUT2D eigenvalue weighted by Crippen LogP contribution is -2.54. The fourth-order valence-corrected chi connectivity index (χ4v) is 3.92. The number of likely N-dealkylation sites (tertiary alicyclic amines) is 1. The van der Waals surface area contributed by atoms with Crippen LogP contribution in [-0.4, -0.2) is 45.7 Å². The molecule has 0 saturated carbocycles. The highest BCUT2D eigenvalue weighted by Crippen LogP contribution is 2.26. The standard InChI is InChI=1S/C21H28N2O2/c1-21(2,3)23(20(24)25)19-10-12-22(13-11-19)15-16-8-9-17-6-4-5-7-18(17)14-16/h4-9,14,19H,10-13,15H2,1-3H3,(H,24,25). The number of benzene rings is 2. The molecule has 4 nitrogen and oxygen atoms in total. The van der Waals surface area contributed by atoms with Gasteiger partial charge in [-0.05, 0) is 56.0 Å². The molecule has 1 fully saturated rings. The molecule has 0 unspecified atom stereocenters. The van der Waals surface area contributed by atoms with Crippen LogP contribution < -0.4 is 0 Å². The summed E-state index contributed by atoms with van der Waals surface area (Å²) < 4.78 is 0. The van der Waals surface area contributed by atoms with E-state index < -0.39 is 6.09 Å². The van der Waals surface area contributed by atoms with Gasteiger partial charge in [0.2, 0.25) is 0 Å². The molecule has 0 bridgehead atoms. The van der Waals surface area contributed by atoms with Gasteiger partial charge in [0.05, 0.1) is 0 Å². The first-order valence-corrected chi connectivity index (χ1v) is 9.07. The number of hydrogen-bond donors (Lipinski definition) is 1. The van der Waals surface area contributed by atoms with Gasteiger partial charge in [-0.2, -0.15) is 0 Å². The monoisotopic (exact) mass is 340 g/mol. The van der Waals surface area contributed by atoms with E-state index in [9.17, 15) is 9.90 Å². The second-order valence-electron chi connectivity index (χ2n) is 8.01. The van der Waals surface area contributed by atoms with E-state index in [2.05, 4.69) is 47.4 Å². The van der Waals surface area contributed by atoms with Crippen LogP contribution >= 0.6 is 0 Å². The number of nitrogens with zero attached hydrogens (tertiary/aromatic N) is 2. The number of rotatable bonds is 3. The van der Waals surface area contributed by atoms with E-state index in [1.54, 1.807) is 4.90 Å². The van der Waals surface area contributed by atoms with Gasteiger partial charge in [0.25, 0.3) is 0 Å². The minimum atomic E-state index is -0.805. The lowest BCUT2D eigenvalue weighted by atomic mass is 9.96. The molecule has 1 N–H and O–H groups in total. The maximum absolute atomic E-state index is 11.7. The molecule has 134 valence electrons. The van der Waals surface area contributed by atoms with Crippen LogP contribution in [0.3, 0.4) is 0 Å². The second-order valence-corrected chi connectivity index (χ2v) is 8.01. The van der Waals surface area contributed by atoms with Gasteiger partial charge in [-0.15, -0.1) is 0 Å². The molecule has 1 saturated heterocycles. The van der Waals surface area contributed by atoms with Crippen LogP contribution in [0.25, 0.3) is 10.8 Å². The number of carbonyl (C=O) groups is 1. The molecule has 25 heavy (non-hydrogen) atoms. The third kappa shape index (κ3) is 4.13. The largest absolute Gasteiger partial charge is 0.465 e. The maximum Gasteiger partial charge on any atom is 0.407 e. The summed E-state index contributed by atoms with van der Waals surface area (Å²) in [6.45, 7) is 8.74. The molecule has 0 spiro atoms. The van der Waals surface area contributed by atoms with Crippen LogP contribution in [0.5, 0.6) is 0 Å². The van der Waals surface area contributed by atoms with E-state index >= 15 is 0 Å². The molecule has 0 atom stereocenters. The van der Waals surface area contributed by atoms with Crippen molar-refractivity contribution >= 4 is 16.9 Å². The van der Waals surface area contributed by atoms with Crippen molar-refractivity contribution in [2.45, 2.75) is 51.7 Å². The zero-order valence-corrected chi connectivity index (χ0v) is 15.4. The number of piperidine rings is 1. The van der Waals surface area contributed by atoms with Crippen molar-refractivity contribution in [3.8, 4) is 0 Å². The van der Waals surface area contributed by atoms with Gasteiger partial charge >= 0.3 is 6.09 Å². The van der Waals surface area contributed by atoms with E-state index in [1.807, 2.05) is 20.8 Å². The molecule has 0 aliphatic carbocycles. The summed E-state index contributed by atoms with van der Waals surface area (Å²) in [6.07, 6.45) is 0.995. The minimum Gasteiger partial charge on any atom is -0.465 e. The number of fused-ring (bicyclic) bond motifs is 1. The first kappa shape index (κ1) is 17.7. The van der Waals surface area contributed by atoms with Gasteiger partial charge in [-0.1, -0.05) is 36.4 Å². The summed E-state index contributed by atoms with van der Waals surface area (Å²) in [4.78, 5) is 15.7. The Morgan fingerprint density at radius 3 is 2.36 bits per heavy atom. The molecule has 1 amide bonds. The van der Waals surface area contributed by atoms with Gasteiger partial charge in [0, 0.05) is 31.2 Å². The predicted octanol–water partition coefficient (Wildman–Crippen LogP) is 4.58. The Bertz CT molecular complexity index is 743. The highest BCUT2D eigenvalue weighted by Gasteiger charge is 2.35. The molecule has 3 rings (SSSR count). The second kappa shape index (κ2) is 7.04. The first-order valence-electron chi connectivity index (χ1n) is 9.07. The summed E-state index contributed by atoms with van der Waals surface area (Å²) in [5, 5.41) is 12.1. The Balaban J connectivity index is 1.62. The quantitative estimate of drug-likeness (QED) is 0.889. The average Bonchev–Trinajstić information content (AvgIpc) is 2.55. The van der Waals surface area contributed by atoms with Crippen molar-refractivity contribution < 1.29 is 9.90 Å². The summed E-state index contributed by atoms with van der Waals surface area (Å²) in [5.41, 5.74) is 0.972. The predicted molar refractivity (Wildman–Crippen MR) is 102 cm³/mol. The van der Waals surface area contributed by atoms with Crippen molar-refractivity contribution in [1.82, 2.24) is 9.80 Å². The van der Waals surface area contributed by atoms with Crippen LogP contribution in [0.1, 0.15) is 39.2 Å². The van der Waals surface area contributed by atoms with Gasteiger partial charge in [-0.25, -0.2) is 4.79 Å². The van der Waals surface area contributed by atoms with Crippen molar-refractivity contribution in [3.63, 3.8) is 0 Å². The number of carboxylic acid groups (broad SMARTS) is 1. The Morgan fingerprint density at radius 1 is 1.12 bits per heavy atom. The van der Waals surface area contributed by atoms with Gasteiger partial charge < -0.3 is 10.0 Å².